The Morgan fingerprint density at radius 2 is 2.07 bits per heavy atom. The Bertz CT molecular complexity index is 462. The molecule has 2 aromatic rings. The zero-order valence-electron chi connectivity index (χ0n) is 8.14. The van der Waals surface area contributed by atoms with E-state index < -0.39 is 5.97 Å². The summed E-state index contributed by atoms with van der Waals surface area (Å²) < 4.78 is 9.76. The molecular weight excluding hydrogens is 194 g/mol. The van der Waals surface area contributed by atoms with Crippen LogP contribution in [0, 0.1) is 0 Å². The van der Waals surface area contributed by atoms with Gasteiger partial charge in [-0.2, -0.15) is 0 Å². The molecule has 0 amide bonds. The molecular formula is C11H9NO3. The van der Waals surface area contributed by atoms with Crippen molar-refractivity contribution < 1.29 is 13.9 Å². The Morgan fingerprint density at radius 3 is 2.73 bits per heavy atom. The molecule has 0 fully saturated rings. The second-order valence-electron chi connectivity index (χ2n) is 2.89. The molecule has 4 nitrogen and oxygen atoms in total. The first kappa shape index (κ1) is 9.45. The molecule has 0 unspecified atom stereocenters. The van der Waals surface area contributed by atoms with Crippen LogP contribution in [0.25, 0.3) is 11.3 Å². The molecule has 0 aliphatic carbocycles. The molecule has 0 bridgehead atoms. The zero-order chi connectivity index (χ0) is 10.7. The third-order valence-electron chi connectivity index (χ3n) is 1.98. The van der Waals surface area contributed by atoms with E-state index in [0.717, 1.165) is 5.56 Å². The molecule has 76 valence electrons. The van der Waals surface area contributed by atoms with E-state index in [9.17, 15) is 4.79 Å². The first-order chi connectivity index (χ1) is 7.33. The minimum Gasteiger partial charge on any atom is -0.464 e. The molecule has 0 atom stereocenters. The van der Waals surface area contributed by atoms with Crippen LogP contribution >= 0.6 is 0 Å². The van der Waals surface area contributed by atoms with Crippen molar-refractivity contribution >= 4 is 5.97 Å². The van der Waals surface area contributed by atoms with E-state index in [0.29, 0.717) is 5.76 Å². The summed E-state index contributed by atoms with van der Waals surface area (Å²) in [6.45, 7) is 0. The highest BCUT2D eigenvalue weighted by atomic mass is 16.5. The molecule has 0 saturated heterocycles. The maximum Gasteiger partial charge on any atom is 0.360 e. The molecule has 1 aromatic carbocycles. The number of methoxy groups -OCH3 is 1. The number of ether oxygens (including phenoxy) is 1. The van der Waals surface area contributed by atoms with Crippen LogP contribution < -0.4 is 0 Å². The van der Waals surface area contributed by atoms with Gasteiger partial charge in [0, 0.05) is 5.56 Å². The van der Waals surface area contributed by atoms with Crippen LogP contribution in [-0.2, 0) is 4.74 Å². The minimum atomic E-state index is -0.498. The van der Waals surface area contributed by atoms with Crippen molar-refractivity contribution in [2.24, 2.45) is 0 Å². The molecule has 1 heterocycles. The van der Waals surface area contributed by atoms with Crippen molar-refractivity contribution in [2.45, 2.75) is 0 Å². The maximum atomic E-state index is 11.3. The predicted molar refractivity (Wildman–Crippen MR) is 53.3 cm³/mol. The number of rotatable bonds is 2. The van der Waals surface area contributed by atoms with Crippen molar-refractivity contribution in [3.63, 3.8) is 0 Å². The smallest absolute Gasteiger partial charge is 0.360 e. The Hall–Kier alpha value is -2.10. The van der Waals surface area contributed by atoms with Gasteiger partial charge in [0.05, 0.1) is 7.11 Å². The summed E-state index contributed by atoms with van der Waals surface area (Å²) in [5.41, 5.74) is 0.999. The highest BCUT2D eigenvalue weighted by Gasteiger charge is 2.17. The lowest BCUT2D eigenvalue weighted by molar-refractivity contribution is 0.0595. The van der Waals surface area contributed by atoms with Crippen molar-refractivity contribution in [1.29, 1.82) is 0 Å². The fourth-order valence-corrected chi connectivity index (χ4v) is 1.28. The van der Waals surface area contributed by atoms with Gasteiger partial charge in [0.25, 0.3) is 0 Å². The van der Waals surface area contributed by atoms with Crippen molar-refractivity contribution in [3.05, 3.63) is 42.4 Å². The summed E-state index contributed by atoms with van der Waals surface area (Å²) in [6, 6.07) is 9.29. The number of benzene rings is 1. The van der Waals surface area contributed by atoms with Gasteiger partial charge in [0.15, 0.2) is 17.8 Å². The Labute approximate surface area is 86.5 Å². The van der Waals surface area contributed by atoms with E-state index >= 15 is 0 Å². The molecule has 0 saturated carbocycles. The fraction of sp³-hybridized carbons (Fsp3) is 0.0909. The second-order valence-corrected chi connectivity index (χ2v) is 2.89. The fourth-order valence-electron chi connectivity index (χ4n) is 1.28. The van der Waals surface area contributed by atoms with Gasteiger partial charge in [0.1, 0.15) is 0 Å². The molecule has 1 aromatic heterocycles. The van der Waals surface area contributed by atoms with E-state index in [1.165, 1.54) is 13.5 Å². The van der Waals surface area contributed by atoms with Gasteiger partial charge in [-0.3, -0.25) is 0 Å². The molecule has 0 radical (unpaired) electrons. The van der Waals surface area contributed by atoms with E-state index in [1.54, 1.807) is 0 Å². The maximum absolute atomic E-state index is 11.3. The minimum absolute atomic E-state index is 0.198. The predicted octanol–water partition coefficient (Wildman–Crippen LogP) is 2.13. The average molecular weight is 203 g/mol. The third-order valence-corrected chi connectivity index (χ3v) is 1.98. The van der Waals surface area contributed by atoms with Crippen LogP contribution in [0.4, 0.5) is 0 Å². The summed E-state index contributed by atoms with van der Waals surface area (Å²) in [5.74, 6) is -0.0648. The lowest BCUT2D eigenvalue weighted by Gasteiger charge is -1.98. The molecule has 2 rings (SSSR count). The summed E-state index contributed by atoms with van der Waals surface area (Å²) in [5, 5.41) is 0. The van der Waals surface area contributed by atoms with E-state index in [2.05, 4.69) is 9.72 Å². The number of hydrogen-bond acceptors (Lipinski definition) is 4. The number of oxazole rings is 1. The second kappa shape index (κ2) is 3.96. The molecule has 4 heteroatoms. The van der Waals surface area contributed by atoms with E-state index in [1.807, 2.05) is 30.3 Å². The lowest BCUT2D eigenvalue weighted by atomic mass is 10.1. The normalized spacial score (nSPS) is 9.93. The van der Waals surface area contributed by atoms with Crippen molar-refractivity contribution in [1.82, 2.24) is 4.98 Å². The van der Waals surface area contributed by atoms with Crippen LogP contribution in [0.15, 0.2) is 41.1 Å². The van der Waals surface area contributed by atoms with Gasteiger partial charge in [-0.25, -0.2) is 9.78 Å². The molecule has 0 aliphatic rings. The van der Waals surface area contributed by atoms with Crippen LogP contribution in [0.1, 0.15) is 10.5 Å². The number of hydrogen-bond donors (Lipinski definition) is 0. The summed E-state index contributed by atoms with van der Waals surface area (Å²) >= 11 is 0. The molecule has 0 spiro atoms. The van der Waals surface area contributed by atoms with Gasteiger partial charge in [-0.05, 0) is 0 Å². The highest BCUT2D eigenvalue weighted by molar-refractivity contribution is 5.93. The monoisotopic (exact) mass is 203 g/mol. The molecule has 15 heavy (non-hydrogen) atoms. The van der Waals surface area contributed by atoms with E-state index in [4.69, 9.17) is 4.42 Å². The summed E-state index contributed by atoms with van der Waals surface area (Å²) in [4.78, 5) is 15.1. The Kier molecular flexibility index (Phi) is 2.49. The SMILES string of the molecule is COC(=O)c1ncoc1-c1ccccc1. The topological polar surface area (TPSA) is 52.3 Å². The van der Waals surface area contributed by atoms with Crippen LogP contribution in [0.3, 0.4) is 0 Å². The number of carbonyl (C=O) groups excluding carboxylic acids is 1. The number of aromatic nitrogens is 1. The van der Waals surface area contributed by atoms with Crippen LogP contribution in [-0.4, -0.2) is 18.1 Å². The standard InChI is InChI=1S/C11H9NO3/c1-14-11(13)9-10(15-7-12-9)8-5-3-2-4-6-8/h2-7H,1H3. The first-order valence-electron chi connectivity index (χ1n) is 4.40. The van der Waals surface area contributed by atoms with Gasteiger partial charge in [-0.1, -0.05) is 30.3 Å². The summed E-state index contributed by atoms with van der Waals surface area (Å²) in [6.07, 6.45) is 1.23. The van der Waals surface area contributed by atoms with Crippen molar-refractivity contribution in [2.75, 3.05) is 7.11 Å². The van der Waals surface area contributed by atoms with Gasteiger partial charge in [0.2, 0.25) is 0 Å². The summed E-state index contributed by atoms with van der Waals surface area (Å²) in [7, 11) is 1.31. The van der Waals surface area contributed by atoms with Crippen LogP contribution in [0.2, 0.25) is 0 Å². The quantitative estimate of drug-likeness (QED) is 0.701. The number of nitrogens with zero attached hydrogens (tertiary/aromatic N) is 1. The zero-order valence-corrected chi connectivity index (χ0v) is 8.14. The first-order valence-corrected chi connectivity index (χ1v) is 4.40. The van der Waals surface area contributed by atoms with Gasteiger partial charge >= 0.3 is 5.97 Å². The van der Waals surface area contributed by atoms with Gasteiger partial charge in [-0.15, -0.1) is 0 Å². The van der Waals surface area contributed by atoms with Crippen molar-refractivity contribution in [3.8, 4) is 11.3 Å². The Morgan fingerprint density at radius 1 is 1.33 bits per heavy atom. The largest absolute Gasteiger partial charge is 0.464 e. The molecule has 0 N–H and O–H groups in total. The number of esters is 1. The number of carbonyl (C=O) groups is 1. The molecule has 0 aliphatic heterocycles. The lowest BCUT2D eigenvalue weighted by Crippen LogP contribution is -2.02. The third kappa shape index (κ3) is 1.74. The van der Waals surface area contributed by atoms with Gasteiger partial charge < -0.3 is 9.15 Å². The van der Waals surface area contributed by atoms with E-state index in [-0.39, 0.29) is 5.69 Å². The average Bonchev–Trinajstić information content (AvgIpc) is 2.78. The van der Waals surface area contributed by atoms with Crippen LogP contribution in [0.5, 0.6) is 0 Å². The highest BCUT2D eigenvalue weighted by Crippen LogP contribution is 2.22. The Balaban J connectivity index is 2.46.